The summed E-state index contributed by atoms with van der Waals surface area (Å²) in [7, 11) is 1.68. The fourth-order valence-electron chi connectivity index (χ4n) is 2.64. The Morgan fingerprint density at radius 3 is 2.55 bits per heavy atom. The summed E-state index contributed by atoms with van der Waals surface area (Å²) in [5, 5.41) is 15.8. The summed E-state index contributed by atoms with van der Waals surface area (Å²) in [6.07, 6.45) is 3.00. The molecular weight excluding hydrogens is 274 g/mol. The highest BCUT2D eigenvalue weighted by atomic mass is 16.5. The molecule has 0 bridgehead atoms. The molecule has 22 heavy (non-hydrogen) atoms. The molecule has 2 N–H and O–H groups in total. The molecular formula is C19H27NO2. The highest BCUT2D eigenvalue weighted by Crippen LogP contribution is 2.26. The van der Waals surface area contributed by atoms with Crippen molar-refractivity contribution in [2.75, 3.05) is 13.7 Å². The van der Waals surface area contributed by atoms with Crippen LogP contribution in [0.5, 0.6) is 5.75 Å². The number of rotatable bonds is 8. The van der Waals surface area contributed by atoms with Gasteiger partial charge in [-0.15, -0.1) is 0 Å². The van der Waals surface area contributed by atoms with Gasteiger partial charge in [-0.3, -0.25) is 5.32 Å². The van der Waals surface area contributed by atoms with Gasteiger partial charge in [-0.2, -0.15) is 0 Å². The predicted octanol–water partition coefficient (Wildman–Crippen LogP) is 4.05. The first kappa shape index (κ1) is 16.8. The second kappa shape index (κ2) is 8.16. The second-order valence-corrected chi connectivity index (χ2v) is 5.87. The number of fused-ring (bicyclic) bond motifs is 1. The van der Waals surface area contributed by atoms with Gasteiger partial charge in [-0.25, -0.2) is 0 Å². The summed E-state index contributed by atoms with van der Waals surface area (Å²) in [4.78, 5) is 0. The lowest BCUT2D eigenvalue weighted by atomic mass is 9.96. The Kier molecular flexibility index (Phi) is 6.22. The van der Waals surface area contributed by atoms with Gasteiger partial charge in [0.2, 0.25) is 0 Å². The predicted molar refractivity (Wildman–Crippen MR) is 92.4 cm³/mol. The average molecular weight is 301 g/mol. The number of benzene rings is 2. The summed E-state index contributed by atoms with van der Waals surface area (Å²) >= 11 is 0. The van der Waals surface area contributed by atoms with Gasteiger partial charge in [0.05, 0.1) is 7.11 Å². The van der Waals surface area contributed by atoms with E-state index in [9.17, 15) is 5.11 Å². The van der Waals surface area contributed by atoms with E-state index in [2.05, 4.69) is 43.4 Å². The molecule has 0 amide bonds. The Balaban J connectivity index is 2.06. The third-order valence-electron chi connectivity index (χ3n) is 4.20. The van der Waals surface area contributed by atoms with Gasteiger partial charge in [-0.05, 0) is 41.4 Å². The lowest BCUT2D eigenvalue weighted by Crippen LogP contribution is -2.34. The summed E-state index contributed by atoms with van der Waals surface area (Å²) < 4.78 is 5.25. The number of methoxy groups -OCH3 is 1. The maximum absolute atomic E-state index is 10.3. The van der Waals surface area contributed by atoms with Crippen molar-refractivity contribution in [1.82, 2.24) is 5.32 Å². The smallest absolute Gasteiger partial charge is 0.119 e. The van der Waals surface area contributed by atoms with Crippen LogP contribution < -0.4 is 10.1 Å². The molecule has 0 saturated carbocycles. The van der Waals surface area contributed by atoms with Crippen molar-refractivity contribution in [3.63, 3.8) is 0 Å². The summed E-state index contributed by atoms with van der Waals surface area (Å²) in [6, 6.07) is 12.4. The van der Waals surface area contributed by atoms with Crippen LogP contribution >= 0.6 is 0 Å². The topological polar surface area (TPSA) is 41.5 Å². The minimum atomic E-state index is -0.507. The molecule has 3 heteroatoms. The normalized spacial score (nSPS) is 14.0. The van der Waals surface area contributed by atoms with E-state index in [1.807, 2.05) is 12.1 Å². The van der Waals surface area contributed by atoms with Crippen LogP contribution in [0, 0.1) is 0 Å². The van der Waals surface area contributed by atoms with Crippen LogP contribution in [-0.2, 0) is 0 Å². The molecule has 0 saturated heterocycles. The largest absolute Gasteiger partial charge is 0.497 e. The first-order valence-corrected chi connectivity index (χ1v) is 8.15. The van der Waals surface area contributed by atoms with Crippen LogP contribution in [0.3, 0.4) is 0 Å². The van der Waals surface area contributed by atoms with Crippen LogP contribution in [0.25, 0.3) is 10.8 Å². The van der Waals surface area contributed by atoms with Gasteiger partial charge in [0, 0.05) is 5.92 Å². The minimum absolute atomic E-state index is 0.0631. The molecule has 0 radical (unpaired) electrons. The standard InChI is InChI=1S/C19H27NO2/c1-4-5-6-11-20-19(21)14(2)15-7-8-17-13-18(22-3)10-9-16(17)12-15/h7-10,12-14,19-21H,4-6,11H2,1-3H3. The van der Waals surface area contributed by atoms with Crippen LogP contribution in [-0.4, -0.2) is 25.0 Å². The quantitative estimate of drug-likeness (QED) is 0.571. The zero-order valence-corrected chi connectivity index (χ0v) is 13.8. The Hall–Kier alpha value is -1.58. The summed E-state index contributed by atoms with van der Waals surface area (Å²) in [6.45, 7) is 5.11. The molecule has 3 nitrogen and oxygen atoms in total. The van der Waals surface area contributed by atoms with E-state index in [0.29, 0.717) is 0 Å². The van der Waals surface area contributed by atoms with Crippen molar-refractivity contribution >= 4 is 10.8 Å². The van der Waals surface area contributed by atoms with Gasteiger partial charge in [0.25, 0.3) is 0 Å². The molecule has 2 atom stereocenters. The Labute approximate surface area is 133 Å². The van der Waals surface area contributed by atoms with E-state index in [1.54, 1.807) is 7.11 Å². The molecule has 0 heterocycles. The minimum Gasteiger partial charge on any atom is -0.497 e. The monoisotopic (exact) mass is 301 g/mol. The zero-order chi connectivity index (χ0) is 15.9. The number of hydrogen-bond acceptors (Lipinski definition) is 3. The number of aliphatic hydroxyl groups excluding tert-OH is 1. The maximum atomic E-state index is 10.3. The fraction of sp³-hybridized carbons (Fsp3) is 0.474. The Morgan fingerprint density at radius 2 is 1.82 bits per heavy atom. The summed E-state index contributed by atoms with van der Waals surface area (Å²) in [5.74, 6) is 0.930. The zero-order valence-electron chi connectivity index (χ0n) is 13.8. The third kappa shape index (κ3) is 4.21. The molecule has 0 fully saturated rings. The second-order valence-electron chi connectivity index (χ2n) is 5.87. The van der Waals surface area contributed by atoms with Crippen LogP contribution in [0.4, 0.5) is 0 Å². The average Bonchev–Trinajstić information content (AvgIpc) is 2.56. The van der Waals surface area contributed by atoms with Crippen molar-refractivity contribution < 1.29 is 9.84 Å². The van der Waals surface area contributed by atoms with Crippen LogP contribution in [0.15, 0.2) is 36.4 Å². The van der Waals surface area contributed by atoms with Crippen LogP contribution in [0.2, 0.25) is 0 Å². The summed E-state index contributed by atoms with van der Waals surface area (Å²) in [5.41, 5.74) is 1.15. The highest BCUT2D eigenvalue weighted by Gasteiger charge is 2.15. The van der Waals surface area contributed by atoms with Crippen molar-refractivity contribution in [2.45, 2.75) is 45.3 Å². The molecule has 0 aliphatic heterocycles. The number of ether oxygens (including phenoxy) is 1. The molecule has 2 unspecified atom stereocenters. The molecule has 2 aromatic rings. The highest BCUT2D eigenvalue weighted by molar-refractivity contribution is 5.84. The van der Waals surface area contributed by atoms with E-state index in [-0.39, 0.29) is 5.92 Å². The number of aliphatic hydroxyl groups is 1. The number of hydrogen-bond donors (Lipinski definition) is 2. The van der Waals surface area contributed by atoms with Gasteiger partial charge in [-0.1, -0.05) is 51.0 Å². The number of nitrogens with one attached hydrogen (secondary N) is 1. The molecule has 2 rings (SSSR count). The SMILES string of the molecule is CCCCCNC(O)C(C)c1ccc2cc(OC)ccc2c1. The maximum Gasteiger partial charge on any atom is 0.119 e. The Bertz CT molecular complexity index is 597. The first-order chi connectivity index (χ1) is 10.7. The van der Waals surface area contributed by atoms with Crippen molar-refractivity contribution in [1.29, 1.82) is 0 Å². The molecule has 0 aliphatic rings. The lowest BCUT2D eigenvalue weighted by Gasteiger charge is -2.21. The van der Waals surface area contributed by atoms with Crippen molar-refractivity contribution in [3.05, 3.63) is 42.0 Å². The van der Waals surface area contributed by atoms with E-state index in [4.69, 9.17) is 4.74 Å². The lowest BCUT2D eigenvalue weighted by molar-refractivity contribution is 0.113. The first-order valence-electron chi connectivity index (χ1n) is 8.15. The molecule has 120 valence electrons. The van der Waals surface area contributed by atoms with Gasteiger partial charge in [0.1, 0.15) is 12.0 Å². The fourth-order valence-corrected chi connectivity index (χ4v) is 2.64. The van der Waals surface area contributed by atoms with E-state index in [1.165, 1.54) is 18.2 Å². The van der Waals surface area contributed by atoms with Gasteiger partial charge in [0.15, 0.2) is 0 Å². The van der Waals surface area contributed by atoms with Crippen molar-refractivity contribution in [2.24, 2.45) is 0 Å². The Morgan fingerprint density at radius 1 is 1.09 bits per heavy atom. The van der Waals surface area contributed by atoms with E-state index in [0.717, 1.165) is 29.7 Å². The molecule has 0 aliphatic carbocycles. The van der Waals surface area contributed by atoms with Gasteiger partial charge >= 0.3 is 0 Å². The van der Waals surface area contributed by atoms with Gasteiger partial charge < -0.3 is 9.84 Å². The number of unbranched alkanes of at least 4 members (excludes halogenated alkanes) is 2. The molecule has 2 aromatic carbocycles. The van der Waals surface area contributed by atoms with Crippen molar-refractivity contribution in [3.8, 4) is 5.75 Å². The van der Waals surface area contributed by atoms with E-state index < -0.39 is 6.23 Å². The third-order valence-corrected chi connectivity index (χ3v) is 4.20. The molecule has 0 aromatic heterocycles. The van der Waals surface area contributed by atoms with Crippen LogP contribution in [0.1, 0.15) is 44.6 Å². The molecule has 0 spiro atoms. The van der Waals surface area contributed by atoms with E-state index >= 15 is 0 Å².